The third-order valence-electron chi connectivity index (χ3n) is 8.37. The van der Waals surface area contributed by atoms with E-state index in [9.17, 15) is 4.39 Å². The zero-order valence-corrected chi connectivity index (χ0v) is 18.8. The molecule has 1 aromatic carbocycles. The van der Waals surface area contributed by atoms with Crippen molar-refractivity contribution < 1.29 is 4.39 Å². The van der Waals surface area contributed by atoms with Gasteiger partial charge < -0.3 is 9.88 Å². The van der Waals surface area contributed by atoms with Gasteiger partial charge in [-0.2, -0.15) is 0 Å². The summed E-state index contributed by atoms with van der Waals surface area (Å²) in [5.41, 5.74) is 2.84. The maximum absolute atomic E-state index is 14.1. The normalized spacial score (nSPS) is 29.9. The fourth-order valence-electron chi connectivity index (χ4n) is 7.34. The second-order valence-electron chi connectivity index (χ2n) is 10.8. The number of hydrogen-bond acceptors (Lipinski definition) is 1. The second-order valence-corrected chi connectivity index (χ2v) is 10.8. The molecule has 0 radical (unpaired) electrons. The first kappa shape index (κ1) is 20.5. The molecular weight excluding hydrogens is 371 g/mol. The van der Waals surface area contributed by atoms with Crippen LogP contribution in [-0.2, 0) is 13.1 Å². The van der Waals surface area contributed by atoms with Crippen molar-refractivity contribution in [3.05, 3.63) is 35.8 Å². The van der Waals surface area contributed by atoms with Gasteiger partial charge in [-0.05, 0) is 86.5 Å². The lowest BCUT2D eigenvalue weighted by Crippen LogP contribution is -2.58. The van der Waals surface area contributed by atoms with Crippen LogP contribution in [0, 0.1) is 23.6 Å². The molecule has 4 saturated carbocycles. The lowest BCUT2D eigenvalue weighted by Gasteiger charge is -2.57. The van der Waals surface area contributed by atoms with Crippen LogP contribution >= 0.6 is 0 Å². The van der Waals surface area contributed by atoms with Crippen molar-refractivity contribution in [3.63, 3.8) is 0 Å². The summed E-state index contributed by atoms with van der Waals surface area (Å²) in [6.45, 7) is 4.20. The molecule has 2 aromatic rings. The Morgan fingerprint density at radius 1 is 0.967 bits per heavy atom. The molecule has 4 fully saturated rings. The molecule has 0 saturated heterocycles. The highest BCUT2D eigenvalue weighted by molar-refractivity contribution is 5.84. The quantitative estimate of drug-likeness (QED) is 0.410. The fourth-order valence-corrected chi connectivity index (χ4v) is 7.34. The summed E-state index contributed by atoms with van der Waals surface area (Å²) < 4.78 is 16.5. The average molecular weight is 411 g/mol. The Labute approximate surface area is 181 Å². The summed E-state index contributed by atoms with van der Waals surface area (Å²) in [7, 11) is 0. The first-order chi connectivity index (χ1) is 14.6. The Balaban J connectivity index is 1.27. The molecule has 1 heterocycles. The standard InChI is InChI=1S/C27H39FN2/c1-2-3-4-5-6-7-10-30-19-23(25-14-24(28)8-9-26(25)30)18-29-27-15-20-11-21(16-27)13-22(12-20)17-27/h8-9,14,19-22,29H,2-7,10-13,15-18H2,1H3. The molecule has 0 unspecified atom stereocenters. The third-order valence-corrected chi connectivity index (χ3v) is 8.37. The van der Waals surface area contributed by atoms with E-state index in [0.29, 0.717) is 5.54 Å². The first-order valence-electron chi connectivity index (χ1n) is 12.7. The predicted molar refractivity (Wildman–Crippen MR) is 123 cm³/mol. The van der Waals surface area contributed by atoms with Crippen LogP contribution in [0.4, 0.5) is 4.39 Å². The molecule has 1 N–H and O–H groups in total. The van der Waals surface area contributed by atoms with Gasteiger partial charge in [0.25, 0.3) is 0 Å². The smallest absolute Gasteiger partial charge is 0.123 e. The van der Waals surface area contributed by atoms with Crippen molar-refractivity contribution in [2.45, 2.75) is 103 Å². The lowest BCUT2D eigenvalue weighted by atomic mass is 9.53. The van der Waals surface area contributed by atoms with Gasteiger partial charge in [0.15, 0.2) is 0 Å². The highest BCUT2D eigenvalue weighted by atomic mass is 19.1. The molecule has 1 aromatic heterocycles. The van der Waals surface area contributed by atoms with Gasteiger partial charge in [0.05, 0.1) is 0 Å². The van der Waals surface area contributed by atoms with Crippen LogP contribution in [0.2, 0.25) is 0 Å². The number of rotatable bonds is 10. The minimum absolute atomic E-state index is 0.115. The van der Waals surface area contributed by atoms with E-state index in [-0.39, 0.29) is 5.82 Å². The predicted octanol–water partition coefficient (Wildman–Crippen LogP) is 7.20. The number of unbranched alkanes of at least 4 members (excludes halogenated alkanes) is 5. The summed E-state index contributed by atoms with van der Waals surface area (Å²) >= 11 is 0. The van der Waals surface area contributed by atoms with E-state index in [1.54, 1.807) is 12.1 Å². The van der Waals surface area contributed by atoms with Crippen LogP contribution in [0.25, 0.3) is 10.9 Å². The van der Waals surface area contributed by atoms with E-state index < -0.39 is 0 Å². The van der Waals surface area contributed by atoms with Crippen LogP contribution in [0.5, 0.6) is 0 Å². The summed E-state index contributed by atoms with van der Waals surface area (Å²) in [6.07, 6.45) is 18.7. The van der Waals surface area contributed by atoms with Crippen molar-refractivity contribution in [2.24, 2.45) is 17.8 Å². The zero-order valence-electron chi connectivity index (χ0n) is 18.8. The topological polar surface area (TPSA) is 17.0 Å². The molecule has 4 aliphatic rings. The number of hydrogen-bond donors (Lipinski definition) is 1. The van der Waals surface area contributed by atoms with Crippen molar-refractivity contribution in [1.29, 1.82) is 0 Å². The van der Waals surface area contributed by atoms with E-state index in [1.807, 2.05) is 6.07 Å². The number of benzene rings is 1. The molecule has 4 aliphatic carbocycles. The third kappa shape index (κ3) is 4.20. The highest BCUT2D eigenvalue weighted by Gasteiger charge is 2.50. The summed E-state index contributed by atoms with van der Waals surface area (Å²) in [4.78, 5) is 0. The monoisotopic (exact) mass is 410 g/mol. The molecule has 2 nitrogen and oxygen atoms in total. The number of fused-ring (bicyclic) bond motifs is 1. The van der Waals surface area contributed by atoms with Gasteiger partial charge in [-0.15, -0.1) is 0 Å². The highest BCUT2D eigenvalue weighted by Crippen LogP contribution is 2.55. The van der Waals surface area contributed by atoms with Gasteiger partial charge in [-0.25, -0.2) is 4.39 Å². The lowest BCUT2D eigenvalue weighted by molar-refractivity contribution is -0.0205. The van der Waals surface area contributed by atoms with Crippen LogP contribution < -0.4 is 5.32 Å². The minimum Gasteiger partial charge on any atom is -0.347 e. The Kier molecular flexibility index (Phi) is 5.92. The van der Waals surface area contributed by atoms with Gasteiger partial charge in [-0.3, -0.25) is 0 Å². The van der Waals surface area contributed by atoms with Crippen molar-refractivity contribution in [1.82, 2.24) is 9.88 Å². The molecule has 6 rings (SSSR count). The van der Waals surface area contributed by atoms with E-state index >= 15 is 0 Å². The number of nitrogens with one attached hydrogen (secondary N) is 1. The Bertz CT molecular complexity index is 832. The molecule has 164 valence electrons. The minimum atomic E-state index is -0.115. The molecule has 0 spiro atoms. The van der Waals surface area contributed by atoms with Gasteiger partial charge in [-0.1, -0.05) is 39.0 Å². The molecule has 4 bridgehead atoms. The van der Waals surface area contributed by atoms with Crippen molar-refractivity contribution >= 4 is 10.9 Å². The molecular formula is C27H39FN2. The summed E-state index contributed by atoms with van der Waals surface area (Å²) in [6, 6.07) is 5.36. The Hall–Kier alpha value is -1.35. The van der Waals surface area contributed by atoms with E-state index in [1.165, 1.54) is 88.1 Å². The SMILES string of the molecule is CCCCCCCCn1cc(CNC23CC4CC(CC(C4)C2)C3)c2cc(F)ccc21. The van der Waals surface area contributed by atoms with E-state index in [4.69, 9.17) is 0 Å². The Morgan fingerprint density at radius 3 is 2.33 bits per heavy atom. The van der Waals surface area contributed by atoms with Crippen molar-refractivity contribution in [3.8, 4) is 0 Å². The van der Waals surface area contributed by atoms with Gasteiger partial charge in [0.2, 0.25) is 0 Å². The molecule has 0 amide bonds. The average Bonchev–Trinajstić information content (AvgIpc) is 3.05. The molecule has 30 heavy (non-hydrogen) atoms. The van der Waals surface area contributed by atoms with Crippen molar-refractivity contribution in [2.75, 3.05) is 0 Å². The molecule has 0 aliphatic heterocycles. The maximum atomic E-state index is 14.1. The van der Waals surface area contributed by atoms with Gasteiger partial charge in [0.1, 0.15) is 5.82 Å². The fraction of sp³-hybridized carbons (Fsp3) is 0.704. The Morgan fingerprint density at radius 2 is 1.63 bits per heavy atom. The molecule has 3 heteroatoms. The first-order valence-corrected chi connectivity index (χ1v) is 12.7. The second kappa shape index (κ2) is 8.65. The van der Waals surface area contributed by atoms with Crippen LogP contribution in [0.1, 0.15) is 89.5 Å². The zero-order chi connectivity index (χ0) is 20.6. The van der Waals surface area contributed by atoms with Gasteiger partial charge in [0, 0.05) is 35.7 Å². The largest absolute Gasteiger partial charge is 0.347 e. The summed E-state index contributed by atoms with van der Waals surface area (Å²) in [5, 5.41) is 5.13. The number of aromatic nitrogens is 1. The van der Waals surface area contributed by atoms with E-state index in [2.05, 4.69) is 23.0 Å². The van der Waals surface area contributed by atoms with Crippen LogP contribution in [-0.4, -0.2) is 10.1 Å². The number of nitrogens with zero attached hydrogens (tertiary/aromatic N) is 1. The molecule has 0 atom stereocenters. The van der Waals surface area contributed by atoms with Crippen LogP contribution in [0.15, 0.2) is 24.4 Å². The number of aryl methyl sites for hydroxylation is 1. The number of halogens is 1. The van der Waals surface area contributed by atoms with Crippen LogP contribution in [0.3, 0.4) is 0 Å². The summed E-state index contributed by atoms with van der Waals surface area (Å²) in [5.74, 6) is 2.75. The maximum Gasteiger partial charge on any atom is 0.123 e. The van der Waals surface area contributed by atoms with Gasteiger partial charge >= 0.3 is 0 Å². The van der Waals surface area contributed by atoms with E-state index in [0.717, 1.165) is 36.2 Å².